The van der Waals surface area contributed by atoms with E-state index in [2.05, 4.69) is 43.4 Å². The summed E-state index contributed by atoms with van der Waals surface area (Å²) in [6, 6.07) is 8.84. The van der Waals surface area contributed by atoms with Gasteiger partial charge in [-0.15, -0.1) is 11.8 Å². The van der Waals surface area contributed by atoms with Crippen molar-refractivity contribution < 1.29 is 0 Å². The van der Waals surface area contributed by atoms with Crippen LogP contribution >= 0.6 is 11.8 Å². The van der Waals surface area contributed by atoms with E-state index in [0.29, 0.717) is 0 Å². The molecule has 1 N–H and O–H groups in total. The Kier molecular flexibility index (Phi) is 5.81. The Bertz CT molecular complexity index is 266. The molecule has 0 aliphatic carbocycles. The molecule has 0 unspecified atom stereocenters. The van der Waals surface area contributed by atoms with Gasteiger partial charge in [0.05, 0.1) is 0 Å². The van der Waals surface area contributed by atoms with Gasteiger partial charge in [0, 0.05) is 11.4 Å². The summed E-state index contributed by atoms with van der Waals surface area (Å²) in [4.78, 5) is 1.38. The maximum Gasteiger partial charge on any atom is 0.0202 e. The van der Waals surface area contributed by atoms with Crippen LogP contribution in [0.15, 0.2) is 29.2 Å². The van der Waals surface area contributed by atoms with Crippen molar-refractivity contribution in [3.05, 3.63) is 29.8 Å². The van der Waals surface area contributed by atoms with Gasteiger partial charge in [0.2, 0.25) is 0 Å². The molecule has 0 saturated heterocycles. The van der Waals surface area contributed by atoms with Gasteiger partial charge in [-0.25, -0.2) is 0 Å². The normalized spacial score (nSPS) is 10.9. The van der Waals surface area contributed by atoms with Crippen molar-refractivity contribution in [3.8, 4) is 0 Å². The van der Waals surface area contributed by atoms with E-state index in [-0.39, 0.29) is 0 Å². The van der Waals surface area contributed by atoms with Crippen molar-refractivity contribution in [1.82, 2.24) is 5.32 Å². The maximum absolute atomic E-state index is 3.15. The second kappa shape index (κ2) is 6.91. The van der Waals surface area contributed by atoms with Crippen LogP contribution in [-0.2, 0) is 6.54 Å². The van der Waals surface area contributed by atoms with Crippen molar-refractivity contribution >= 4 is 11.8 Å². The molecule has 1 aromatic carbocycles. The summed E-state index contributed by atoms with van der Waals surface area (Å²) in [5.41, 5.74) is 1.35. The topological polar surface area (TPSA) is 12.0 Å². The molecule has 0 spiro atoms. The lowest BCUT2D eigenvalue weighted by Gasteiger charge is -2.05. The van der Waals surface area contributed by atoms with Gasteiger partial charge >= 0.3 is 0 Å². The van der Waals surface area contributed by atoms with Crippen molar-refractivity contribution in [3.63, 3.8) is 0 Å². The van der Waals surface area contributed by atoms with Gasteiger partial charge in [-0.2, -0.15) is 0 Å². The monoisotopic (exact) mass is 223 g/mol. The zero-order valence-corrected chi connectivity index (χ0v) is 10.7. The number of thioether (sulfide) groups is 1. The number of hydrogen-bond acceptors (Lipinski definition) is 2. The predicted octanol–water partition coefficient (Wildman–Crippen LogP) is 3.54. The van der Waals surface area contributed by atoms with Crippen LogP contribution in [0.3, 0.4) is 0 Å². The largest absolute Gasteiger partial charge is 0.316 e. The minimum Gasteiger partial charge on any atom is -0.316 e. The molecule has 1 aromatic rings. The van der Waals surface area contributed by atoms with Gasteiger partial charge in [0.25, 0.3) is 0 Å². The molecule has 2 heteroatoms. The molecule has 0 heterocycles. The number of hydrogen-bond donors (Lipinski definition) is 1. The van der Waals surface area contributed by atoms with E-state index in [4.69, 9.17) is 0 Å². The van der Waals surface area contributed by atoms with Gasteiger partial charge in [0.1, 0.15) is 0 Å². The van der Waals surface area contributed by atoms with Crippen LogP contribution in [0.4, 0.5) is 0 Å². The Balaban J connectivity index is 2.36. The highest BCUT2D eigenvalue weighted by Gasteiger charge is 1.97. The maximum atomic E-state index is 3.15. The average molecular weight is 223 g/mol. The van der Waals surface area contributed by atoms with E-state index in [1.54, 1.807) is 0 Å². The fraction of sp³-hybridized carbons (Fsp3) is 0.538. The zero-order chi connectivity index (χ0) is 11.1. The smallest absolute Gasteiger partial charge is 0.0202 e. The van der Waals surface area contributed by atoms with E-state index in [9.17, 15) is 0 Å². The minimum absolute atomic E-state index is 0.807. The quantitative estimate of drug-likeness (QED) is 0.740. The lowest BCUT2D eigenvalue weighted by atomic mass is 10.2. The SMILES string of the molecule is CNCc1ccc(SCCC(C)C)cc1. The summed E-state index contributed by atoms with van der Waals surface area (Å²) < 4.78 is 0. The Morgan fingerprint density at radius 2 is 1.87 bits per heavy atom. The summed E-state index contributed by atoms with van der Waals surface area (Å²) >= 11 is 1.96. The second-order valence-corrected chi connectivity index (χ2v) is 5.37. The van der Waals surface area contributed by atoms with E-state index in [1.165, 1.54) is 22.6 Å². The molecule has 0 saturated carbocycles. The molecule has 1 rings (SSSR count). The summed E-state index contributed by atoms with van der Waals surface area (Å²) in [5.74, 6) is 2.03. The Labute approximate surface area is 97.7 Å². The highest BCUT2D eigenvalue weighted by molar-refractivity contribution is 7.99. The fourth-order valence-electron chi connectivity index (χ4n) is 1.32. The Morgan fingerprint density at radius 3 is 2.40 bits per heavy atom. The summed E-state index contributed by atoms with van der Waals surface area (Å²) in [6.07, 6.45) is 1.29. The molecule has 0 bridgehead atoms. The first-order valence-corrected chi connectivity index (χ1v) is 6.57. The summed E-state index contributed by atoms with van der Waals surface area (Å²) in [5, 5.41) is 3.15. The standard InChI is InChI=1S/C13H21NS/c1-11(2)8-9-15-13-6-4-12(5-7-13)10-14-3/h4-7,11,14H,8-10H2,1-3H3. The Morgan fingerprint density at radius 1 is 1.20 bits per heavy atom. The van der Waals surface area contributed by atoms with Crippen LogP contribution < -0.4 is 5.32 Å². The first kappa shape index (κ1) is 12.6. The van der Waals surface area contributed by atoms with Crippen LogP contribution in [0, 0.1) is 5.92 Å². The van der Waals surface area contributed by atoms with Gasteiger partial charge < -0.3 is 5.32 Å². The molecular formula is C13H21NS. The fourth-order valence-corrected chi connectivity index (χ4v) is 2.47. The predicted molar refractivity (Wildman–Crippen MR) is 69.4 cm³/mol. The van der Waals surface area contributed by atoms with Crippen molar-refractivity contribution in [2.24, 2.45) is 5.92 Å². The van der Waals surface area contributed by atoms with Crippen molar-refractivity contribution in [2.45, 2.75) is 31.7 Å². The third-order valence-electron chi connectivity index (χ3n) is 2.27. The number of benzene rings is 1. The van der Waals surface area contributed by atoms with Gasteiger partial charge in [0.15, 0.2) is 0 Å². The number of rotatable bonds is 6. The van der Waals surface area contributed by atoms with E-state index in [1.807, 2.05) is 18.8 Å². The molecule has 0 aliphatic rings. The van der Waals surface area contributed by atoms with E-state index in [0.717, 1.165) is 12.5 Å². The molecule has 0 radical (unpaired) electrons. The molecular weight excluding hydrogens is 202 g/mol. The molecule has 0 amide bonds. The highest BCUT2D eigenvalue weighted by Crippen LogP contribution is 2.20. The van der Waals surface area contributed by atoms with Gasteiger partial charge in [-0.05, 0) is 42.8 Å². The van der Waals surface area contributed by atoms with Gasteiger partial charge in [-0.3, -0.25) is 0 Å². The molecule has 1 nitrogen and oxygen atoms in total. The summed E-state index contributed by atoms with van der Waals surface area (Å²) in [7, 11) is 1.98. The third-order valence-corrected chi connectivity index (χ3v) is 3.31. The molecule has 0 fully saturated rings. The molecule has 84 valence electrons. The highest BCUT2D eigenvalue weighted by atomic mass is 32.2. The molecule has 0 aromatic heterocycles. The lowest BCUT2D eigenvalue weighted by Crippen LogP contribution is -2.04. The van der Waals surface area contributed by atoms with Crippen LogP contribution in [0.2, 0.25) is 0 Å². The zero-order valence-electron chi connectivity index (χ0n) is 9.92. The number of nitrogens with one attached hydrogen (secondary N) is 1. The second-order valence-electron chi connectivity index (χ2n) is 4.21. The van der Waals surface area contributed by atoms with Crippen LogP contribution in [-0.4, -0.2) is 12.8 Å². The van der Waals surface area contributed by atoms with Crippen molar-refractivity contribution in [1.29, 1.82) is 0 Å². The van der Waals surface area contributed by atoms with Crippen LogP contribution in [0.5, 0.6) is 0 Å². The minimum atomic E-state index is 0.807. The Hall–Kier alpha value is -0.470. The molecule has 0 aliphatic heterocycles. The average Bonchev–Trinajstić information content (AvgIpc) is 2.20. The first-order chi connectivity index (χ1) is 7.22. The third kappa shape index (κ3) is 5.24. The van der Waals surface area contributed by atoms with Crippen LogP contribution in [0.25, 0.3) is 0 Å². The lowest BCUT2D eigenvalue weighted by molar-refractivity contribution is 0.632. The summed E-state index contributed by atoms with van der Waals surface area (Å²) in [6.45, 7) is 5.50. The van der Waals surface area contributed by atoms with Gasteiger partial charge in [-0.1, -0.05) is 26.0 Å². The molecule has 0 atom stereocenters. The van der Waals surface area contributed by atoms with Crippen molar-refractivity contribution in [2.75, 3.05) is 12.8 Å². The molecule has 15 heavy (non-hydrogen) atoms. The van der Waals surface area contributed by atoms with E-state index >= 15 is 0 Å². The van der Waals surface area contributed by atoms with Crippen LogP contribution in [0.1, 0.15) is 25.8 Å². The first-order valence-electron chi connectivity index (χ1n) is 5.58. The van der Waals surface area contributed by atoms with E-state index < -0.39 is 0 Å².